The van der Waals surface area contributed by atoms with Gasteiger partial charge in [-0.2, -0.15) is 0 Å². The second-order valence-corrected chi connectivity index (χ2v) is 9.02. The number of rotatable bonds is 3. The van der Waals surface area contributed by atoms with Gasteiger partial charge < -0.3 is 28.8 Å². The number of carbonyl (C=O) groups excluding carboxylic acids is 1. The number of likely N-dealkylation sites (tertiary alicyclic amines) is 1. The van der Waals surface area contributed by atoms with Crippen molar-refractivity contribution in [3.8, 4) is 0 Å². The molecule has 156 valence electrons. The summed E-state index contributed by atoms with van der Waals surface area (Å²) < 4.78 is 29.4. The van der Waals surface area contributed by atoms with Gasteiger partial charge in [-0.15, -0.1) is 0 Å². The first-order valence-electron chi connectivity index (χ1n) is 9.53. The second-order valence-electron chi connectivity index (χ2n) is 9.02. The summed E-state index contributed by atoms with van der Waals surface area (Å²) in [5.74, 6) is -2.59. The molecule has 1 amide bonds. The summed E-state index contributed by atoms with van der Waals surface area (Å²) in [6.45, 7) is 9.23. The Morgan fingerprint density at radius 3 is 2.15 bits per heavy atom. The standard InChI is InChI=1S/C19H33NO7/c1-16(2,3)27-15(22)20-10-13-14(12(11-21)19(20)8-9-19)26-18(5,24-7)17(4,23-6)25-13/h12-14,21H,8-11H2,1-7H3. The molecule has 1 aliphatic carbocycles. The van der Waals surface area contributed by atoms with Gasteiger partial charge in [-0.05, 0) is 47.5 Å². The highest BCUT2D eigenvalue weighted by molar-refractivity contribution is 5.70. The van der Waals surface area contributed by atoms with E-state index in [-0.39, 0.29) is 18.6 Å². The van der Waals surface area contributed by atoms with Crippen LogP contribution in [0.4, 0.5) is 4.79 Å². The van der Waals surface area contributed by atoms with Gasteiger partial charge in [0.05, 0.1) is 24.8 Å². The van der Waals surface area contributed by atoms with Gasteiger partial charge in [-0.25, -0.2) is 4.79 Å². The molecule has 2 saturated heterocycles. The molecule has 5 atom stereocenters. The largest absolute Gasteiger partial charge is 0.444 e. The predicted octanol–water partition coefficient (Wildman–Crippen LogP) is 1.89. The molecule has 0 aromatic rings. The molecule has 0 bridgehead atoms. The molecule has 1 saturated carbocycles. The average molecular weight is 387 g/mol. The van der Waals surface area contributed by atoms with Gasteiger partial charge in [0.25, 0.3) is 0 Å². The van der Waals surface area contributed by atoms with Crippen LogP contribution in [-0.2, 0) is 23.7 Å². The molecular weight excluding hydrogens is 354 g/mol. The minimum atomic E-state index is -1.16. The molecule has 1 N–H and O–H groups in total. The van der Waals surface area contributed by atoms with Crippen LogP contribution in [0.5, 0.6) is 0 Å². The summed E-state index contributed by atoms with van der Waals surface area (Å²) in [4.78, 5) is 14.6. The van der Waals surface area contributed by atoms with E-state index in [9.17, 15) is 9.90 Å². The highest BCUT2D eigenvalue weighted by Gasteiger charge is 2.68. The maximum absolute atomic E-state index is 12.9. The predicted molar refractivity (Wildman–Crippen MR) is 96.1 cm³/mol. The topological polar surface area (TPSA) is 86.7 Å². The number of hydrogen-bond donors (Lipinski definition) is 1. The van der Waals surface area contributed by atoms with E-state index >= 15 is 0 Å². The number of methoxy groups -OCH3 is 2. The third-order valence-corrected chi connectivity index (χ3v) is 6.27. The van der Waals surface area contributed by atoms with E-state index in [0.29, 0.717) is 6.54 Å². The summed E-state index contributed by atoms with van der Waals surface area (Å²) in [6.07, 6.45) is 0.336. The monoisotopic (exact) mass is 387 g/mol. The van der Waals surface area contributed by atoms with Crippen molar-refractivity contribution in [3.63, 3.8) is 0 Å². The molecule has 3 aliphatic rings. The molecule has 1 spiro atoms. The van der Waals surface area contributed by atoms with E-state index in [2.05, 4.69) is 0 Å². The Morgan fingerprint density at radius 2 is 1.70 bits per heavy atom. The zero-order valence-electron chi connectivity index (χ0n) is 17.4. The third kappa shape index (κ3) is 3.25. The minimum absolute atomic E-state index is 0.118. The zero-order valence-corrected chi connectivity index (χ0v) is 17.4. The molecular formula is C19H33NO7. The Labute approximate surface area is 161 Å². The van der Waals surface area contributed by atoms with Gasteiger partial charge in [0, 0.05) is 20.1 Å². The van der Waals surface area contributed by atoms with Crippen LogP contribution in [0, 0.1) is 5.92 Å². The van der Waals surface area contributed by atoms with Crippen molar-refractivity contribution in [2.24, 2.45) is 5.92 Å². The maximum atomic E-state index is 12.9. The van der Waals surface area contributed by atoms with E-state index < -0.39 is 34.9 Å². The highest BCUT2D eigenvalue weighted by atomic mass is 16.8. The summed E-state index contributed by atoms with van der Waals surface area (Å²) in [5.41, 5.74) is -1.06. The van der Waals surface area contributed by atoms with Crippen LogP contribution in [0.25, 0.3) is 0 Å². The Kier molecular flexibility index (Phi) is 5.05. The second kappa shape index (κ2) is 6.56. The molecule has 8 heteroatoms. The lowest BCUT2D eigenvalue weighted by atomic mass is 9.81. The van der Waals surface area contributed by atoms with Gasteiger partial charge in [-0.1, -0.05) is 0 Å². The number of ether oxygens (including phenoxy) is 5. The minimum Gasteiger partial charge on any atom is -0.444 e. The lowest BCUT2D eigenvalue weighted by Crippen LogP contribution is -2.73. The van der Waals surface area contributed by atoms with E-state index in [0.717, 1.165) is 12.8 Å². The Bertz CT molecular complexity index is 587. The molecule has 3 rings (SSSR count). The van der Waals surface area contributed by atoms with Crippen molar-refractivity contribution in [1.82, 2.24) is 4.90 Å². The van der Waals surface area contributed by atoms with Gasteiger partial charge in [-0.3, -0.25) is 4.90 Å². The van der Waals surface area contributed by atoms with E-state index in [1.54, 1.807) is 18.7 Å². The summed E-state index contributed by atoms with van der Waals surface area (Å²) in [7, 11) is 3.07. The zero-order chi connectivity index (χ0) is 20.3. The van der Waals surface area contributed by atoms with Gasteiger partial charge >= 0.3 is 6.09 Å². The van der Waals surface area contributed by atoms with Gasteiger partial charge in [0.15, 0.2) is 0 Å². The molecule has 2 aliphatic heterocycles. The molecule has 0 radical (unpaired) electrons. The van der Waals surface area contributed by atoms with Gasteiger partial charge in [0.2, 0.25) is 11.6 Å². The number of hydrogen-bond acceptors (Lipinski definition) is 7. The number of aliphatic hydroxyl groups is 1. The van der Waals surface area contributed by atoms with Crippen molar-refractivity contribution >= 4 is 6.09 Å². The Morgan fingerprint density at radius 1 is 1.15 bits per heavy atom. The SMILES string of the molecule is COC1(C)OC2CN(C(=O)OC(C)(C)C)C3(CC3)C(CO)C2OC1(C)OC. The smallest absolute Gasteiger partial charge is 0.410 e. The quantitative estimate of drug-likeness (QED) is 0.791. The molecule has 0 aromatic carbocycles. The van der Waals surface area contributed by atoms with Gasteiger partial charge in [0.1, 0.15) is 11.7 Å². The first-order chi connectivity index (χ1) is 12.5. The van der Waals surface area contributed by atoms with Crippen LogP contribution in [-0.4, -0.2) is 78.4 Å². The summed E-state index contributed by atoms with van der Waals surface area (Å²) in [6, 6.07) is 0. The fourth-order valence-electron chi connectivity index (χ4n) is 4.34. The third-order valence-electron chi connectivity index (χ3n) is 6.27. The molecule has 0 aromatic heterocycles. The van der Waals surface area contributed by atoms with E-state index in [1.165, 1.54) is 14.2 Å². The summed E-state index contributed by atoms with van der Waals surface area (Å²) >= 11 is 0. The van der Waals surface area contributed by atoms with Crippen LogP contribution >= 0.6 is 0 Å². The Balaban J connectivity index is 1.92. The number of amides is 1. The lowest BCUT2D eigenvalue weighted by molar-refractivity contribution is -0.459. The number of nitrogens with zero attached hydrogens (tertiary/aromatic N) is 1. The fraction of sp³-hybridized carbons (Fsp3) is 0.947. The summed E-state index contributed by atoms with van der Waals surface area (Å²) in [5, 5.41) is 10.2. The van der Waals surface area contributed by atoms with Crippen LogP contribution in [0.1, 0.15) is 47.5 Å². The van der Waals surface area contributed by atoms with E-state index in [1.807, 2.05) is 20.8 Å². The number of piperidine rings is 1. The number of carbonyl (C=O) groups is 1. The van der Waals surface area contributed by atoms with Crippen molar-refractivity contribution < 1.29 is 33.6 Å². The lowest BCUT2D eigenvalue weighted by Gasteiger charge is -2.58. The molecule has 27 heavy (non-hydrogen) atoms. The Hall–Kier alpha value is -0.930. The van der Waals surface area contributed by atoms with Crippen molar-refractivity contribution in [3.05, 3.63) is 0 Å². The average Bonchev–Trinajstić information content (AvgIpc) is 3.35. The van der Waals surface area contributed by atoms with Crippen molar-refractivity contribution in [2.45, 2.75) is 82.4 Å². The highest BCUT2D eigenvalue weighted by Crippen LogP contribution is 2.56. The van der Waals surface area contributed by atoms with Crippen LogP contribution < -0.4 is 0 Å². The first kappa shape index (κ1) is 20.8. The fourth-order valence-corrected chi connectivity index (χ4v) is 4.34. The van der Waals surface area contributed by atoms with Crippen molar-refractivity contribution in [1.29, 1.82) is 0 Å². The van der Waals surface area contributed by atoms with Crippen LogP contribution in [0.15, 0.2) is 0 Å². The van der Waals surface area contributed by atoms with Crippen molar-refractivity contribution in [2.75, 3.05) is 27.4 Å². The molecule has 8 nitrogen and oxygen atoms in total. The first-order valence-corrected chi connectivity index (χ1v) is 9.53. The van der Waals surface area contributed by atoms with E-state index in [4.69, 9.17) is 23.7 Å². The molecule has 5 unspecified atom stereocenters. The number of fused-ring (bicyclic) bond motifs is 1. The maximum Gasteiger partial charge on any atom is 0.410 e. The van der Waals surface area contributed by atoms with Crippen LogP contribution in [0.3, 0.4) is 0 Å². The van der Waals surface area contributed by atoms with Crippen LogP contribution in [0.2, 0.25) is 0 Å². The molecule has 2 heterocycles. The molecule has 3 fully saturated rings. The normalized spacial score (nSPS) is 40.6. The number of aliphatic hydroxyl groups excluding tert-OH is 1.